The van der Waals surface area contributed by atoms with Crippen molar-refractivity contribution in [1.29, 1.82) is 0 Å². The number of carbonyl (C=O) groups is 3. The van der Waals surface area contributed by atoms with Gasteiger partial charge in [-0.15, -0.1) is 0 Å². The van der Waals surface area contributed by atoms with Crippen LogP contribution in [-0.4, -0.2) is 30.3 Å². The highest BCUT2D eigenvalue weighted by atomic mass is 35.5. The number of carbonyl (C=O) groups excluding carboxylic acids is 3. The van der Waals surface area contributed by atoms with Gasteiger partial charge in [0.15, 0.2) is 5.78 Å². The minimum atomic E-state index is -0.515. The smallest absolute Gasteiger partial charge is 0.302 e. The third-order valence-corrected chi connectivity index (χ3v) is 15.2. The highest BCUT2D eigenvalue weighted by molar-refractivity contribution is 6.30. The fourth-order valence-electron chi connectivity index (χ4n) is 12.5. The number of amides is 1. The fraction of sp³-hybridized carbons (Fsp3) is 0.725. The predicted molar refractivity (Wildman–Crippen MR) is 183 cm³/mol. The van der Waals surface area contributed by atoms with Crippen LogP contribution in [0.3, 0.4) is 0 Å². The van der Waals surface area contributed by atoms with Crippen LogP contribution in [0.25, 0.3) is 0 Å². The normalized spacial score (nSPS) is 39.5. The summed E-state index contributed by atoms with van der Waals surface area (Å²) in [6, 6.07) is 6.91. The summed E-state index contributed by atoms with van der Waals surface area (Å²) < 4.78 is 5.94. The van der Waals surface area contributed by atoms with Crippen LogP contribution in [0.1, 0.15) is 130 Å². The summed E-state index contributed by atoms with van der Waals surface area (Å²) in [4.78, 5) is 39.4. The third kappa shape index (κ3) is 4.86. The maximum absolute atomic E-state index is 14.4. The van der Waals surface area contributed by atoms with E-state index in [4.69, 9.17) is 16.3 Å². The number of Topliss-reactive ketones (excluding diaryl/α,β-unsaturated/α-hetero) is 1. The second kappa shape index (κ2) is 11.5. The molecule has 0 unspecified atom stereocenters. The summed E-state index contributed by atoms with van der Waals surface area (Å²) in [5.41, 5.74) is 3.40. The first-order valence-corrected chi connectivity index (χ1v) is 18.4. The van der Waals surface area contributed by atoms with Gasteiger partial charge in [-0.25, -0.2) is 0 Å². The van der Waals surface area contributed by atoms with Gasteiger partial charge in [0.1, 0.15) is 6.10 Å². The van der Waals surface area contributed by atoms with E-state index in [1.807, 2.05) is 0 Å². The van der Waals surface area contributed by atoms with Gasteiger partial charge in [-0.2, -0.15) is 0 Å². The fourth-order valence-corrected chi connectivity index (χ4v) is 12.6. The van der Waals surface area contributed by atoms with E-state index in [1.54, 1.807) is 31.2 Å². The monoisotopic (exact) mass is 649 g/mol. The average molecular weight is 650 g/mol. The van der Waals surface area contributed by atoms with E-state index < -0.39 is 5.41 Å². The van der Waals surface area contributed by atoms with Crippen molar-refractivity contribution in [1.82, 2.24) is 5.32 Å². The van der Waals surface area contributed by atoms with Crippen LogP contribution < -0.4 is 5.32 Å². The van der Waals surface area contributed by atoms with Crippen molar-refractivity contribution < 1.29 is 19.1 Å². The summed E-state index contributed by atoms with van der Waals surface area (Å²) in [6.45, 7) is 18.6. The molecule has 0 spiro atoms. The van der Waals surface area contributed by atoms with Crippen LogP contribution in [0.15, 0.2) is 35.4 Å². The molecule has 1 aromatic carbocycles. The Morgan fingerprint density at radius 2 is 1.57 bits per heavy atom. The Morgan fingerprint density at radius 3 is 2.22 bits per heavy atom. The number of ether oxygens (including phenoxy) is 1. The van der Waals surface area contributed by atoms with E-state index >= 15 is 0 Å². The first-order valence-electron chi connectivity index (χ1n) is 18.0. The molecule has 0 bridgehead atoms. The van der Waals surface area contributed by atoms with Gasteiger partial charge in [0.2, 0.25) is 5.91 Å². The average Bonchev–Trinajstić information content (AvgIpc) is 3.39. The molecule has 8 atom stereocenters. The molecule has 4 fully saturated rings. The lowest BCUT2D eigenvalue weighted by Gasteiger charge is -2.72. The molecule has 46 heavy (non-hydrogen) atoms. The van der Waals surface area contributed by atoms with E-state index in [0.717, 1.165) is 51.4 Å². The zero-order valence-electron chi connectivity index (χ0n) is 29.5. The standard InChI is InChI=1S/C40H56ClNO4/c1-24(2)28-15-20-40(35(45)42-23-30(44)26-9-11-27(41)12-10-26)22-21-38(7)29(34(28)40)13-14-32-37(6)18-17-33(46-25(3)43)36(4,5)31(37)16-19-39(32,38)8/h9-12,24,29,31-33H,13-23H2,1-8H3,(H,42,45)/t29-,31+,32-,33+,37+,38-,39-,40+/m1/s1. The van der Waals surface area contributed by atoms with Gasteiger partial charge in [0, 0.05) is 22.9 Å². The van der Waals surface area contributed by atoms with Crippen molar-refractivity contribution in [2.24, 2.45) is 50.7 Å². The van der Waals surface area contributed by atoms with Crippen LogP contribution in [0.5, 0.6) is 0 Å². The van der Waals surface area contributed by atoms with Gasteiger partial charge in [0.25, 0.3) is 0 Å². The highest BCUT2D eigenvalue weighted by Gasteiger charge is 2.70. The predicted octanol–water partition coefficient (Wildman–Crippen LogP) is 9.37. The highest BCUT2D eigenvalue weighted by Crippen LogP contribution is 2.77. The molecular formula is C40H56ClNO4. The minimum absolute atomic E-state index is 0.0120. The van der Waals surface area contributed by atoms with Gasteiger partial charge in [-0.05, 0) is 128 Å². The molecule has 6 rings (SSSR count). The number of rotatable bonds is 6. The molecule has 1 aromatic rings. The third-order valence-electron chi connectivity index (χ3n) is 14.9. The molecule has 0 saturated heterocycles. The molecular weight excluding hydrogens is 594 g/mol. The topological polar surface area (TPSA) is 72.5 Å². The van der Waals surface area contributed by atoms with Crippen molar-refractivity contribution in [2.45, 2.75) is 126 Å². The lowest BCUT2D eigenvalue weighted by Crippen LogP contribution is -2.66. The lowest BCUT2D eigenvalue weighted by atomic mass is 9.33. The molecule has 0 heterocycles. The molecule has 0 aliphatic heterocycles. The van der Waals surface area contributed by atoms with E-state index in [9.17, 15) is 14.4 Å². The molecule has 4 saturated carbocycles. The first-order chi connectivity index (χ1) is 21.5. The van der Waals surface area contributed by atoms with Crippen LogP contribution in [0.4, 0.5) is 0 Å². The van der Waals surface area contributed by atoms with Gasteiger partial charge in [-0.1, -0.05) is 71.2 Å². The number of nitrogens with one attached hydrogen (secondary N) is 1. The number of benzene rings is 1. The quantitative estimate of drug-likeness (QED) is 0.189. The van der Waals surface area contributed by atoms with E-state index in [0.29, 0.717) is 34.3 Å². The van der Waals surface area contributed by atoms with E-state index in [-0.39, 0.29) is 52.0 Å². The zero-order valence-corrected chi connectivity index (χ0v) is 30.2. The van der Waals surface area contributed by atoms with Crippen LogP contribution in [-0.2, 0) is 14.3 Å². The van der Waals surface area contributed by atoms with Gasteiger partial charge in [-0.3, -0.25) is 14.4 Å². The summed E-state index contributed by atoms with van der Waals surface area (Å²) >= 11 is 6.04. The summed E-state index contributed by atoms with van der Waals surface area (Å²) in [5, 5.41) is 3.73. The Kier molecular flexibility index (Phi) is 8.43. The maximum Gasteiger partial charge on any atom is 0.302 e. The van der Waals surface area contributed by atoms with E-state index in [2.05, 4.69) is 53.8 Å². The Hall–Kier alpha value is -2.14. The second-order valence-electron chi connectivity index (χ2n) is 17.4. The Morgan fingerprint density at radius 1 is 0.870 bits per heavy atom. The van der Waals surface area contributed by atoms with Gasteiger partial charge >= 0.3 is 5.97 Å². The molecule has 1 N–H and O–H groups in total. The van der Waals surface area contributed by atoms with Crippen molar-refractivity contribution in [3.8, 4) is 0 Å². The largest absolute Gasteiger partial charge is 0.462 e. The SMILES string of the molecule is CC(=O)O[C@H]1CC[C@]2(C)[C@H]3CC[C@@H]4C5=C(C(C)C)CC[C@]5(C(=O)NCC(=O)c5ccc(Cl)cc5)CC[C@@]4(C)[C@]3(C)CC[C@H]2C1(C)C. The van der Waals surface area contributed by atoms with Crippen LogP contribution in [0.2, 0.25) is 5.02 Å². The Labute approximate surface area is 282 Å². The molecule has 5 aliphatic carbocycles. The molecule has 252 valence electrons. The lowest BCUT2D eigenvalue weighted by molar-refractivity contribution is -0.232. The Balaban J connectivity index is 1.30. The minimum Gasteiger partial charge on any atom is -0.462 e. The second-order valence-corrected chi connectivity index (χ2v) is 17.8. The van der Waals surface area contributed by atoms with Gasteiger partial charge in [0.05, 0.1) is 12.0 Å². The number of allylic oxidation sites excluding steroid dienone is 1. The molecule has 5 aliphatic rings. The van der Waals surface area contributed by atoms with Crippen molar-refractivity contribution >= 4 is 29.3 Å². The Bertz CT molecular complexity index is 1450. The molecule has 5 nitrogen and oxygen atoms in total. The number of hydrogen-bond acceptors (Lipinski definition) is 4. The number of fused-ring (bicyclic) bond motifs is 7. The molecule has 0 aromatic heterocycles. The first kappa shape index (κ1) is 33.7. The number of ketones is 1. The molecule has 6 heteroatoms. The van der Waals surface area contributed by atoms with Crippen LogP contribution in [0, 0.1) is 50.7 Å². The van der Waals surface area contributed by atoms with Crippen molar-refractivity contribution in [2.75, 3.05) is 6.54 Å². The maximum atomic E-state index is 14.4. The summed E-state index contributed by atoms with van der Waals surface area (Å²) in [6.07, 6.45) is 10.4. The number of esters is 1. The van der Waals surface area contributed by atoms with E-state index in [1.165, 1.54) is 24.0 Å². The van der Waals surface area contributed by atoms with Crippen molar-refractivity contribution in [3.05, 3.63) is 46.0 Å². The molecule has 0 radical (unpaired) electrons. The summed E-state index contributed by atoms with van der Waals surface area (Å²) in [5.74, 6) is 1.70. The molecule has 1 amide bonds. The number of halogens is 1. The van der Waals surface area contributed by atoms with Crippen LogP contribution >= 0.6 is 11.6 Å². The van der Waals surface area contributed by atoms with Crippen molar-refractivity contribution in [3.63, 3.8) is 0 Å². The summed E-state index contributed by atoms with van der Waals surface area (Å²) in [7, 11) is 0. The zero-order chi connectivity index (χ0) is 33.4. The number of hydrogen-bond donors (Lipinski definition) is 1. The van der Waals surface area contributed by atoms with Gasteiger partial charge < -0.3 is 10.1 Å².